The van der Waals surface area contributed by atoms with Crippen molar-refractivity contribution in [1.82, 2.24) is 9.88 Å². The zero-order valence-corrected chi connectivity index (χ0v) is 16.0. The molecule has 2 heterocycles. The van der Waals surface area contributed by atoms with E-state index in [-0.39, 0.29) is 11.9 Å². The number of benzene rings is 3. The number of halogens is 1. The summed E-state index contributed by atoms with van der Waals surface area (Å²) >= 11 is 6.00. The van der Waals surface area contributed by atoms with Gasteiger partial charge in [-0.05, 0) is 41.8 Å². The lowest BCUT2D eigenvalue weighted by atomic mass is 9.97. The molecule has 0 saturated heterocycles. The Hall–Kier alpha value is -3.04. The zero-order valence-electron chi connectivity index (χ0n) is 15.2. The number of hydrogen-bond acceptors (Lipinski definition) is 1. The van der Waals surface area contributed by atoms with Crippen LogP contribution >= 0.6 is 11.6 Å². The maximum atomic E-state index is 13.2. The summed E-state index contributed by atoms with van der Waals surface area (Å²) < 4.78 is 0. The van der Waals surface area contributed by atoms with Gasteiger partial charge in [0, 0.05) is 39.8 Å². The Labute approximate surface area is 168 Å². The monoisotopic (exact) mass is 386 g/mol. The molecule has 0 unspecified atom stereocenters. The molecule has 28 heavy (non-hydrogen) atoms. The minimum atomic E-state index is -0.0767. The van der Waals surface area contributed by atoms with Gasteiger partial charge in [0.15, 0.2) is 0 Å². The van der Waals surface area contributed by atoms with Gasteiger partial charge in [0.25, 0.3) is 5.91 Å². The summed E-state index contributed by atoms with van der Waals surface area (Å²) in [5, 5.41) is 1.89. The SMILES string of the molecule is O=C1c2ccccc2[C@@H](c2c[nH]c3ccccc23)N1CCc1ccc(Cl)cc1. The van der Waals surface area contributed by atoms with E-state index in [0.717, 1.165) is 39.0 Å². The molecule has 4 heteroatoms. The Morgan fingerprint density at radius 1 is 0.893 bits per heavy atom. The lowest BCUT2D eigenvalue weighted by molar-refractivity contribution is 0.0752. The molecule has 3 nitrogen and oxygen atoms in total. The van der Waals surface area contributed by atoms with Gasteiger partial charge in [-0.2, -0.15) is 0 Å². The number of fused-ring (bicyclic) bond motifs is 2. The molecule has 0 fully saturated rings. The quantitative estimate of drug-likeness (QED) is 0.486. The van der Waals surface area contributed by atoms with Crippen LogP contribution in [0.2, 0.25) is 5.02 Å². The minimum absolute atomic E-state index is 0.0767. The van der Waals surface area contributed by atoms with Crippen molar-refractivity contribution in [1.29, 1.82) is 0 Å². The number of carbonyl (C=O) groups excluding carboxylic acids is 1. The molecule has 0 bridgehead atoms. The van der Waals surface area contributed by atoms with Crippen LogP contribution in [0.5, 0.6) is 0 Å². The third kappa shape index (κ3) is 2.79. The van der Waals surface area contributed by atoms with Crippen LogP contribution in [0.15, 0.2) is 79.0 Å². The van der Waals surface area contributed by atoms with E-state index < -0.39 is 0 Å². The zero-order chi connectivity index (χ0) is 19.1. The average molecular weight is 387 g/mol. The van der Waals surface area contributed by atoms with Crippen molar-refractivity contribution in [2.75, 3.05) is 6.54 Å². The van der Waals surface area contributed by atoms with Gasteiger partial charge in [-0.15, -0.1) is 0 Å². The summed E-state index contributed by atoms with van der Waals surface area (Å²) in [6, 6.07) is 24.0. The molecule has 4 aromatic rings. The Bertz CT molecular complexity index is 1160. The molecule has 0 spiro atoms. The number of hydrogen-bond donors (Lipinski definition) is 1. The van der Waals surface area contributed by atoms with Crippen molar-refractivity contribution in [3.63, 3.8) is 0 Å². The van der Waals surface area contributed by atoms with E-state index in [1.54, 1.807) is 0 Å². The first-order valence-electron chi connectivity index (χ1n) is 9.43. The van der Waals surface area contributed by atoms with Gasteiger partial charge >= 0.3 is 0 Å². The predicted octanol–water partition coefficient (Wildman–Crippen LogP) is 5.61. The van der Waals surface area contributed by atoms with Gasteiger partial charge in [0.05, 0.1) is 6.04 Å². The van der Waals surface area contributed by atoms with Gasteiger partial charge in [-0.25, -0.2) is 0 Å². The molecule has 1 aromatic heterocycles. The van der Waals surface area contributed by atoms with E-state index in [1.165, 1.54) is 5.56 Å². The molecule has 0 aliphatic carbocycles. The number of rotatable bonds is 4. The van der Waals surface area contributed by atoms with Crippen molar-refractivity contribution in [3.8, 4) is 0 Å². The van der Waals surface area contributed by atoms with Gasteiger partial charge in [-0.3, -0.25) is 4.79 Å². The average Bonchev–Trinajstić information content (AvgIpc) is 3.27. The van der Waals surface area contributed by atoms with Crippen molar-refractivity contribution in [3.05, 3.63) is 106 Å². The molecule has 1 aliphatic rings. The van der Waals surface area contributed by atoms with Crippen LogP contribution in [0.4, 0.5) is 0 Å². The minimum Gasteiger partial charge on any atom is -0.361 e. The summed E-state index contributed by atoms with van der Waals surface area (Å²) in [6.07, 6.45) is 2.83. The van der Waals surface area contributed by atoms with E-state index in [4.69, 9.17) is 11.6 Å². The molecule has 0 saturated carbocycles. The molecule has 1 aliphatic heterocycles. The van der Waals surface area contributed by atoms with E-state index in [2.05, 4.69) is 23.2 Å². The second-order valence-electron chi connectivity index (χ2n) is 7.15. The Morgan fingerprint density at radius 2 is 1.64 bits per heavy atom. The highest BCUT2D eigenvalue weighted by molar-refractivity contribution is 6.30. The van der Waals surface area contributed by atoms with E-state index in [1.807, 2.05) is 65.7 Å². The molecule has 3 aromatic carbocycles. The van der Waals surface area contributed by atoms with Crippen LogP contribution in [0.3, 0.4) is 0 Å². The fourth-order valence-electron chi connectivity index (χ4n) is 4.16. The molecular formula is C24H19ClN2O. The Balaban J connectivity index is 1.55. The van der Waals surface area contributed by atoms with Crippen molar-refractivity contribution in [2.24, 2.45) is 0 Å². The van der Waals surface area contributed by atoms with Gasteiger partial charge in [0.2, 0.25) is 0 Å². The number of nitrogens with zero attached hydrogens (tertiary/aromatic N) is 1. The lowest BCUT2D eigenvalue weighted by Gasteiger charge is -2.25. The molecule has 1 amide bonds. The fourth-order valence-corrected chi connectivity index (χ4v) is 4.28. The normalized spacial score (nSPS) is 16.0. The number of aromatic nitrogens is 1. The third-order valence-corrected chi connectivity index (χ3v) is 5.78. The standard InChI is InChI=1S/C24H19ClN2O/c25-17-11-9-16(10-12-17)13-14-27-23(19-6-1-2-7-20(19)24(27)28)21-15-26-22-8-4-3-5-18(21)22/h1-12,15,23,26H,13-14H2/t23-/m0/s1. The predicted molar refractivity (Wildman–Crippen MR) is 113 cm³/mol. The number of nitrogens with one attached hydrogen (secondary N) is 1. The third-order valence-electron chi connectivity index (χ3n) is 5.53. The van der Waals surface area contributed by atoms with Crippen LogP contribution in [0, 0.1) is 0 Å². The topological polar surface area (TPSA) is 36.1 Å². The molecule has 0 radical (unpaired) electrons. The van der Waals surface area contributed by atoms with Crippen LogP contribution in [0.1, 0.15) is 33.1 Å². The number of H-pyrrole nitrogens is 1. The largest absolute Gasteiger partial charge is 0.361 e. The van der Waals surface area contributed by atoms with Crippen LogP contribution in [-0.2, 0) is 6.42 Å². The van der Waals surface area contributed by atoms with Crippen molar-refractivity contribution < 1.29 is 4.79 Å². The molecule has 1 N–H and O–H groups in total. The van der Waals surface area contributed by atoms with Gasteiger partial charge in [0.1, 0.15) is 0 Å². The van der Waals surface area contributed by atoms with Crippen LogP contribution in [0.25, 0.3) is 10.9 Å². The van der Waals surface area contributed by atoms with E-state index >= 15 is 0 Å². The molecular weight excluding hydrogens is 368 g/mol. The molecule has 5 rings (SSSR count). The fraction of sp³-hybridized carbons (Fsp3) is 0.125. The summed E-state index contributed by atoms with van der Waals surface area (Å²) in [4.78, 5) is 18.6. The molecule has 138 valence electrons. The van der Waals surface area contributed by atoms with Crippen molar-refractivity contribution >= 4 is 28.4 Å². The second-order valence-corrected chi connectivity index (χ2v) is 7.59. The molecule has 1 atom stereocenters. The van der Waals surface area contributed by atoms with Crippen molar-refractivity contribution in [2.45, 2.75) is 12.5 Å². The van der Waals surface area contributed by atoms with Gasteiger partial charge in [-0.1, -0.05) is 60.1 Å². The second kappa shape index (κ2) is 6.84. The lowest BCUT2D eigenvalue weighted by Crippen LogP contribution is -2.30. The highest BCUT2D eigenvalue weighted by Crippen LogP contribution is 2.41. The first-order valence-corrected chi connectivity index (χ1v) is 9.80. The summed E-state index contributed by atoms with van der Waals surface area (Å²) in [6.45, 7) is 0.652. The number of carbonyl (C=O) groups is 1. The maximum absolute atomic E-state index is 13.2. The number of amides is 1. The smallest absolute Gasteiger partial charge is 0.255 e. The summed E-state index contributed by atoms with van der Waals surface area (Å²) in [5.74, 6) is 0.0971. The van der Waals surface area contributed by atoms with Crippen LogP contribution in [-0.4, -0.2) is 22.3 Å². The highest BCUT2D eigenvalue weighted by Gasteiger charge is 2.38. The van der Waals surface area contributed by atoms with Gasteiger partial charge < -0.3 is 9.88 Å². The first-order chi connectivity index (χ1) is 13.7. The number of para-hydroxylation sites is 1. The Kier molecular flexibility index (Phi) is 4.18. The summed E-state index contributed by atoms with van der Waals surface area (Å²) in [7, 11) is 0. The first kappa shape index (κ1) is 17.1. The Morgan fingerprint density at radius 3 is 2.50 bits per heavy atom. The summed E-state index contributed by atoms with van der Waals surface area (Å²) in [5.41, 5.74) is 5.28. The van der Waals surface area contributed by atoms with E-state index in [0.29, 0.717) is 6.54 Å². The van der Waals surface area contributed by atoms with Crippen LogP contribution < -0.4 is 0 Å². The maximum Gasteiger partial charge on any atom is 0.255 e. The van der Waals surface area contributed by atoms with E-state index in [9.17, 15) is 4.79 Å². The number of aromatic amines is 1. The highest BCUT2D eigenvalue weighted by atomic mass is 35.5.